The van der Waals surface area contributed by atoms with Crippen LogP contribution >= 0.6 is 11.8 Å². The number of nitrogens with zero attached hydrogens (tertiary/aromatic N) is 1. The molecule has 0 rings (SSSR count). The zero-order valence-electron chi connectivity index (χ0n) is 9.51. The summed E-state index contributed by atoms with van der Waals surface area (Å²) in [6.07, 6.45) is 2.69. The molecule has 84 valence electrons. The largest absolute Gasteiger partial charge is 0.309 e. The second kappa shape index (κ2) is 6.38. The van der Waals surface area contributed by atoms with Gasteiger partial charge in [0.15, 0.2) is 0 Å². The first-order valence-corrected chi connectivity index (χ1v) is 5.27. The highest BCUT2D eigenvalue weighted by molar-refractivity contribution is 6.13. The van der Waals surface area contributed by atoms with Crippen LogP contribution in [0.25, 0.3) is 0 Å². The van der Waals surface area contributed by atoms with Gasteiger partial charge in [0.2, 0.25) is 0 Å². The van der Waals surface area contributed by atoms with Gasteiger partial charge < -0.3 is 9.69 Å². The fraction of sp³-hybridized carbons (Fsp3) is 0.900. The van der Waals surface area contributed by atoms with Gasteiger partial charge in [0.1, 0.15) is 6.29 Å². The summed E-state index contributed by atoms with van der Waals surface area (Å²) in [7, 11) is 4.01. The number of hydrogen-bond donors (Lipinski definition) is 1. The number of carbonyl (C=O) groups excluding carboxylic acids is 1. The van der Waals surface area contributed by atoms with Crippen LogP contribution in [0.5, 0.6) is 0 Å². The van der Waals surface area contributed by atoms with Crippen LogP contribution in [0.3, 0.4) is 0 Å². The van der Waals surface area contributed by atoms with E-state index in [0.717, 1.165) is 25.7 Å². The second-order valence-corrected chi connectivity index (χ2v) is 4.86. The lowest BCUT2D eigenvalue weighted by atomic mass is 9.90. The molecule has 3 nitrogen and oxygen atoms in total. The Morgan fingerprint density at radius 2 is 2.07 bits per heavy atom. The van der Waals surface area contributed by atoms with Crippen LogP contribution in [0.4, 0.5) is 0 Å². The van der Waals surface area contributed by atoms with E-state index in [0.29, 0.717) is 0 Å². The van der Waals surface area contributed by atoms with E-state index < -0.39 is 0 Å². The molecule has 1 atom stereocenters. The van der Waals surface area contributed by atoms with E-state index >= 15 is 0 Å². The Balaban J connectivity index is 3.96. The lowest BCUT2D eigenvalue weighted by Crippen LogP contribution is -2.36. The lowest BCUT2D eigenvalue weighted by Gasteiger charge is -2.26. The smallest absolute Gasteiger partial charge is 0.123 e. The van der Waals surface area contributed by atoms with Crippen LogP contribution in [0.1, 0.15) is 26.7 Å². The van der Waals surface area contributed by atoms with Crippen LogP contribution in [-0.4, -0.2) is 37.4 Å². The van der Waals surface area contributed by atoms with Gasteiger partial charge >= 0.3 is 0 Å². The molecule has 0 saturated carbocycles. The Kier molecular flexibility index (Phi) is 6.33. The molecule has 0 aliphatic carbocycles. The number of carbonyl (C=O) groups is 1. The van der Waals surface area contributed by atoms with E-state index in [1.807, 2.05) is 27.9 Å². The van der Waals surface area contributed by atoms with Crippen LogP contribution in [0.15, 0.2) is 0 Å². The predicted molar refractivity (Wildman–Crippen MR) is 60.4 cm³/mol. The fourth-order valence-electron chi connectivity index (χ4n) is 1.34. The average molecular weight is 221 g/mol. The predicted octanol–water partition coefficient (Wildman–Crippen LogP) is 1.67. The molecule has 0 saturated heterocycles. The maximum Gasteiger partial charge on any atom is 0.123 e. The molecule has 14 heavy (non-hydrogen) atoms. The first kappa shape index (κ1) is 13.9. The zero-order chi connectivity index (χ0) is 11.2. The Labute approximate surface area is 91.9 Å². The first-order valence-electron chi connectivity index (χ1n) is 4.89. The molecule has 0 aromatic rings. The van der Waals surface area contributed by atoms with Crippen molar-refractivity contribution >= 4 is 18.1 Å². The van der Waals surface area contributed by atoms with E-state index in [2.05, 4.69) is 9.74 Å². The van der Waals surface area contributed by atoms with Gasteiger partial charge in [-0.1, -0.05) is 0 Å². The molecule has 0 radical (unpaired) electrons. The van der Waals surface area contributed by atoms with Crippen molar-refractivity contribution in [2.45, 2.75) is 32.2 Å². The molecular formula is C10H21ClN2O. The SMILES string of the molecule is CN(C)CCC(C=O)CC(C)(C)NCl. The van der Waals surface area contributed by atoms with Crippen molar-refractivity contribution in [3.05, 3.63) is 0 Å². The normalized spacial score (nSPS) is 14.4. The minimum Gasteiger partial charge on any atom is -0.309 e. The highest BCUT2D eigenvalue weighted by atomic mass is 35.5. The van der Waals surface area contributed by atoms with E-state index in [-0.39, 0.29) is 11.5 Å². The lowest BCUT2D eigenvalue weighted by molar-refractivity contribution is -0.111. The van der Waals surface area contributed by atoms with Gasteiger partial charge in [0.25, 0.3) is 0 Å². The van der Waals surface area contributed by atoms with Gasteiger partial charge in [-0.25, -0.2) is 4.84 Å². The molecule has 0 aromatic heterocycles. The van der Waals surface area contributed by atoms with Gasteiger partial charge in [-0.15, -0.1) is 0 Å². The van der Waals surface area contributed by atoms with Gasteiger partial charge in [-0.2, -0.15) is 0 Å². The molecule has 0 aromatic carbocycles. The Morgan fingerprint density at radius 3 is 2.43 bits per heavy atom. The number of hydrogen-bond acceptors (Lipinski definition) is 3. The molecule has 1 N–H and O–H groups in total. The van der Waals surface area contributed by atoms with Crippen molar-refractivity contribution in [1.82, 2.24) is 9.74 Å². The Morgan fingerprint density at radius 1 is 1.50 bits per heavy atom. The molecule has 0 amide bonds. The highest BCUT2D eigenvalue weighted by Gasteiger charge is 2.21. The van der Waals surface area contributed by atoms with Gasteiger partial charge in [-0.05, 0) is 59.1 Å². The van der Waals surface area contributed by atoms with Crippen LogP contribution in [-0.2, 0) is 4.79 Å². The summed E-state index contributed by atoms with van der Waals surface area (Å²) in [5, 5.41) is 0. The van der Waals surface area contributed by atoms with Crippen molar-refractivity contribution in [3.8, 4) is 0 Å². The molecule has 0 spiro atoms. The topological polar surface area (TPSA) is 32.3 Å². The van der Waals surface area contributed by atoms with Gasteiger partial charge in [0.05, 0.1) is 0 Å². The second-order valence-electron chi connectivity index (χ2n) is 4.67. The molecule has 1 unspecified atom stereocenters. The summed E-state index contributed by atoms with van der Waals surface area (Å²) < 4.78 is 0. The third kappa shape index (κ3) is 6.35. The summed E-state index contributed by atoms with van der Waals surface area (Å²) in [6.45, 7) is 4.92. The first-order chi connectivity index (χ1) is 6.41. The zero-order valence-corrected chi connectivity index (χ0v) is 10.3. The fourth-order valence-corrected chi connectivity index (χ4v) is 1.41. The van der Waals surface area contributed by atoms with Gasteiger partial charge in [0, 0.05) is 11.5 Å². The van der Waals surface area contributed by atoms with Crippen LogP contribution in [0.2, 0.25) is 0 Å². The third-order valence-corrected chi connectivity index (χ3v) is 2.68. The molecular weight excluding hydrogens is 200 g/mol. The quantitative estimate of drug-likeness (QED) is 0.523. The van der Waals surface area contributed by atoms with Crippen molar-refractivity contribution in [1.29, 1.82) is 0 Å². The molecule has 0 fully saturated rings. The molecule has 0 aliphatic heterocycles. The Bertz CT molecular complexity index is 172. The minimum atomic E-state index is -0.181. The highest BCUT2D eigenvalue weighted by Crippen LogP contribution is 2.18. The Hall–Kier alpha value is -0.120. The maximum absolute atomic E-state index is 10.8. The van der Waals surface area contributed by atoms with Gasteiger partial charge in [-0.3, -0.25) is 0 Å². The summed E-state index contributed by atoms with van der Waals surface area (Å²) in [5.41, 5.74) is -0.181. The van der Waals surface area contributed by atoms with Crippen molar-refractivity contribution in [2.24, 2.45) is 5.92 Å². The number of halogens is 1. The monoisotopic (exact) mass is 220 g/mol. The molecule has 4 heteroatoms. The minimum absolute atomic E-state index is 0.0821. The summed E-state index contributed by atoms with van der Waals surface area (Å²) in [4.78, 5) is 15.6. The molecule has 0 heterocycles. The van der Waals surface area contributed by atoms with Crippen molar-refractivity contribution in [2.75, 3.05) is 20.6 Å². The van der Waals surface area contributed by atoms with Crippen molar-refractivity contribution in [3.63, 3.8) is 0 Å². The van der Waals surface area contributed by atoms with Crippen LogP contribution in [0, 0.1) is 5.92 Å². The van der Waals surface area contributed by atoms with Crippen molar-refractivity contribution < 1.29 is 4.79 Å². The van der Waals surface area contributed by atoms with E-state index in [4.69, 9.17) is 11.8 Å². The number of nitrogens with one attached hydrogen (secondary N) is 1. The maximum atomic E-state index is 10.8. The number of aldehydes is 1. The van der Waals surface area contributed by atoms with E-state index in [1.54, 1.807) is 0 Å². The summed E-state index contributed by atoms with van der Waals surface area (Å²) in [6, 6.07) is 0. The standard InChI is InChI=1S/C10H21ClN2O/c1-10(2,12-11)7-9(8-14)5-6-13(3)4/h8-9,12H,5-7H2,1-4H3. The van der Waals surface area contributed by atoms with Crippen LogP contribution < -0.4 is 4.84 Å². The van der Waals surface area contributed by atoms with E-state index in [9.17, 15) is 4.79 Å². The third-order valence-electron chi connectivity index (χ3n) is 2.17. The number of rotatable bonds is 7. The summed E-state index contributed by atoms with van der Waals surface area (Å²) in [5.74, 6) is 0.0821. The molecule has 0 bridgehead atoms. The average Bonchev–Trinajstić information content (AvgIpc) is 2.12. The molecule has 0 aliphatic rings. The summed E-state index contributed by atoms with van der Waals surface area (Å²) >= 11 is 5.58. The van der Waals surface area contributed by atoms with E-state index in [1.165, 1.54) is 0 Å².